The lowest BCUT2D eigenvalue weighted by molar-refractivity contribution is -0.135. The number of aromatic nitrogens is 3. The first-order valence-electron chi connectivity index (χ1n) is 21.1. The Labute approximate surface area is 354 Å². The number of amides is 3. The van der Waals surface area contributed by atoms with Gasteiger partial charge in [-0.25, -0.2) is 14.5 Å². The largest absolute Gasteiger partial charge is 0.397 e. The maximum atomic E-state index is 15.0. The molecule has 2 aromatic heterocycles. The van der Waals surface area contributed by atoms with Crippen molar-refractivity contribution < 1.29 is 24.9 Å². The number of halogens is 1. The van der Waals surface area contributed by atoms with Crippen LogP contribution in [-0.2, 0) is 16.0 Å². The van der Waals surface area contributed by atoms with Crippen molar-refractivity contribution in [1.29, 1.82) is 0 Å². The smallest absolute Gasteiger partial charge is 0.274 e. The van der Waals surface area contributed by atoms with Gasteiger partial charge >= 0.3 is 0 Å². The van der Waals surface area contributed by atoms with E-state index in [1.165, 1.54) is 6.07 Å². The van der Waals surface area contributed by atoms with Crippen LogP contribution in [0.25, 0.3) is 16.8 Å². The van der Waals surface area contributed by atoms with E-state index in [0.29, 0.717) is 85.6 Å². The van der Waals surface area contributed by atoms with E-state index in [1.54, 1.807) is 46.3 Å². The first kappa shape index (κ1) is 45.6. The summed E-state index contributed by atoms with van der Waals surface area (Å²) in [6.45, 7) is 10.5. The van der Waals surface area contributed by atoms with Crippen LogP contribution in [0.1, 0.15) is 106 Å². The first-order valence-corrected chi connectivity index (χ1v) is 21.1. The molecule has 14 heteroatoms. The van der Waals surface area contributed by atoms with Crippen LogP contribution in [-0.4, -0.2) is 124 Å². The number of rotatable bonds is 11. The molecular weight excluding hydrogens is 764 g/mol. The van der Waals surface area contributed by atoms with Crippen LogP contribution in [0.2, 0.25) is 0 Å². The topological polar surface area (TPSA) is 158 Å². The van der Waals surface area contributed by atoms with Crippen molar-refractivity contribution in [2.24, 2.45) is 0 Å². The second kappa shape index (κ2) is 21.7. The van der Waals surface area contributed by atoms with Gasteiger partial charge in [0.25, 0.3) is 17.4 Å². The van der Waals surface area contributed by atoms with Crippen LogP contribution in [0.3, 0.4) is 0 Å². The van der Waals surface area contributed by atoms with Gasteiger partial charge in [-0.1, -0.05) is 71.0 Å². The molecule has 3 fully saturated rings. The average Bonchev–Trinajstić information content (AvgIpc) is 3.27. The molecular formula is C46H63FN8O5. The zero-order chi connectivity index (χ0) is 41.9. The molecule has 0 radical (unpaired) electrons. The van der Waals surface area contributed by atoms with Crippen molar-refractivity contribution in [3.05, 3.63) is 105 Å². The van der Waals surface area contributed by atoms with Crippen LogP contribution in [0.15, 0.2) is 65.6 Å². The summed E-state index contributed by atoms with van der Waals surface area (Å²) in [6, 6.07) is 13.4. The van der Waals surface area contributed by atoms with E-state index in [9.17, 15) is 23.6 Å². The summed E-state index contributed by atoms with van der Waals surface area (Å²) in [6.07, 6.45) is 11.4. The number of nitrogens with zero attached hydrogens (tertiary/aromatic N) is 6. The Kier molecular flexibility index (Phi) is 16.5. The third-order valence-corrected chi connectivity index (χ3v) is 11.2. The first-order chi connectivity index (χ1) is 28.7. The van der Waals surface area contributed by atoms with Crippen LogP contribution >= 0.6 is 0 Å². The molecule has 0 saturated carbocycles. The van der Waals surface area contributed by atoms with Gasteiger partial charge in [-0.05, 0) is 67.5 Å². The number of nitrogens with one attached hydrogen (secondary N) is 1. The Morgan fingerprint density at radius 1 is 0.883 bits per heavy atom. The number of likely N-dealkylation sites (tertiary alicyclic amines) is 2. The highest BCUT2D eigenvalue weighted by Crippen LogP contribution is 2.24. The molecule has 4 aromatic rings. The third kappa shape index (κ3) is 11.2. The van der Waals surface area contributed by atoms with Crippen molar-refractivity contribution >= 4 is 40.3 Å². The Bertz CT molecular complexity index is 2180. The molecule has 0 atom stereocenters. The lowest BCUT2D eigenvalue weighted by Crippen LogP contribution is -2.53. The number of benzene rings is 2. The highest BCUT2D eigenvalue weighted by atomic mass is 19.1. The molecule has 324 valence electrons. The van der Waals surface area contributed by atoms with Crippen molar-refractivity contribution in [3.8, 4) is 0 Å². The van der Waals surface area contributed by atoms with E-state index in [4.69, 9.17) is 10.5 Å². The van der Waals surface area contributed by atoms with Crippen LogP contribution in [0.5, 0.6) is 0 Å². The number of aromatic amines is 1. The predicted octanol–water partition coefficient (Wildman–Crippen LogP) is 6.42. The van der Waals surface area contributed by atoms with E-state index < -0.39 is 11.7 Å². The van der Waals surface area contributed by atoms with Gasteiger partial charge in [-0.2, -0.15) is 5.10 Å². The summed E-state index contributed by atoms with van der Waals surface area (Å²) in [5, 5.41) is 7.96. The van der Waals surface area contributed by atoms with Gasteiger partial charge in [0, 0.05) is 71.8 Å². The Morgan fingerprint density at radius 2 is 1.52 bits per heavy atom. The number of allylic oxidation sites excluding steroid dienone is 1. The number of nitrogens with two attached hydrogens (primary N) is 1. The Balaban J connectivity index is 0.00000202. The van der Waals surface area contributed by atoms with Crippen molar-refractivity contribution in [3.63, 3.8) is 0 Å². The number of fused-ring (bicyclic) bond motifs is 1. The maximum Gasteiger partial charge on any atom is 0.274 e. The second-order valence-corrected chi connectivity index (χ2v) is 15.2. The summed E-state index contributed by atoms with van der Waals surface area (Å²) < 4.78 is 21.5. The van der Waals surface area contributed by atoms with E-state index in [2.05, 4.69) is 33.1 Å². The Morgan fingerprint density at radius 3 is 2.18 bits per heavy atom. The van der Waals surface area contributed by atoms with Gasteiger partial charge in [0.2, 0.25) is 5.91 Å². The summed E-state index contributed by atoms with van der Waals surface area (Å²) in [5.74, 6) is -1.15. The van der Waals surface area contributed by atoms with Crippen molar-refractivity contribution in [2.45, 2.75) is 85.4 Å². The van der Waals surface area contributed by atoms with Crippen LogP contribution in [0, 0.1) is 5.82 Å². The number of anilines is 1. The Hall–Kier alpha value is -5.47. The molecule has 5 heterocycles. The summed E-state index contributed by atoms with van der Waals surface area (Å²) >= 11 is 0. The fraction of sp³-hybridized carbons (Fsp3) is 0.478. The quantitative estimate of drug-likeness (QED) is 0.174. The molecule has 3 aliphatic rings. The van der Waals surface area contributed by atoms with Crippen molar-refractivity contribution in [2.75, 3.05) is 64.6 Å². The zero-order valence-electron chi connectivity index (χ0n) is 34.5. The van der Waals surface area contributed by atoms with Gasteiger partial charge in [0.15, 0.2) is 5.69 Å². The standard InChI is InChI=1S/C43H51FN8O5.C2H6.CH4.H2/c1-2-3-4-7-30-25-37(45)40(46-27-30)43(56)51-18-14-32(15-19-51)57-31-12-16-49(17-13-31)28-39(53)50-20-22-52(23-21-50)42(55)35-24-29(10-11-36(35)44)26-38-33-8-5-6-9-34(33)41(54)48-47-38;1-2;;/h4-11,24-25,27,31-32H,2-3,12-23,26,28,45H2,1H3,(H,48,54);1-2H3;1H4;1H/b7-4+;;;. The third-order valence-electron chi connectivity index (χ3n) is 11.2. The van der Waals surface area contributed by atoms with E-state index in [0.717, 1.165) is 57.2 Å². The summed E-state index contributed by atoms with van der Waals surface area (Å²) in [4.78, 5) is 63.9. The molecule has 3 saturated heterocycles. The van der Waals surface area contributed by atoms with E-state index in [-0.39, 0.29) is 44.0 Å². The van der Waals surface area contributed by atoms with Gasteiger partial charge in [0.05, 0.1) is 41.1 Å². The number of hydrogen-bond acceptors (Lipinski definition) is 9. The number of ether oxygens (including phenoxy) is 1. The van der Waals surface area contributed by atoms with Gasteiger partial charge in [-0.3, -0.25) is 24.1 Å². The molecule has 7 rings (SSSR count). The normalized spacial score (nSPS) is 16.7. The number of pyridine rings is 1. The van der Waals surface area contributed by atoms with Crippen molar-refractivity contribution in [1.82, 2.24) is 34.8 Å². The molecule has 3 N–H and O–H groups in total. The van der Waals surface area contributed by atoms with Crippen LogP contribution < -0.4 is 11.3 Å². The fourth-order valence-electron chi connectivity index (χ4n) is 7.94. The number of hydrogen-bond donors (Lipinski definition) is 2. The molecule has 0 spiro atoms. The van der Waals surface area contributed by atoms with Crippen LogP contribution in [0.4, 0.5) is 10.1 Å². The molecule has 0 aliphatic carbocycles. The zero-order valence-corrected chi connectivity index (χ0v) is 34.5. The number of H-pyrrole nitrogens is 1. The van der Waals surface area contributed by atoms with Gasteiger partial charge in [0.1, 0.15) is 5.82 Å². The average molecular weight is 827 g/mol. The monoisotopic (exact) mass is 826 g/mol. The number of unbranched alkanes of at least 4 members (excludes halogenated alkanes) is 1. The molecule has 3 aliphatic heterocycles. The molecule has 13 nitrogen and oxygen atoms in total. The number of carbonyl (C=O) groups is 3. The van der Waals surface area contributed by atoms with Gasteiger partial charge < -0.3 is 25.2 Å². The van der Waals surface area contributed by atoms with E-state index >= 15 is 0 Å². The number of nitrogen functional groups attached to an aromatic ring is 1. The molecule has 0 unspecified atom stereocenters. The molecule has 0 bridgehead atoms. The lowest BCUT2D eigenvalue weighted by Gasteiger charge is -2.38. The lowest BCUT2D eigenvalue weighted by atomic mass is 10.0. The minimum atomic E-state index is -0.606. The summed E-state index contributed by atoms with van der Waals surface area (Å²) in [5.41, 5.74) is 8.81. The maximum absolute atomic E-state index is 15.0. The SMILES string of the molecule is C.CC.CCC/C=C/c1cnc(C(=O)N2CCC(OC3CCN(CC(=O)N4CCN(C(=O)c5cc(Cc6n[nH]c(=O)c7ccccc67)ccc5F)CC4)CC3)CC2)c(N)c1.[HH]. The number of piperidine rings is 2. The predicted molar refractivity (Wildman–Crippen MR) is 236 cm³/mol. The number of carbonyl (C=O) groups excluding carboxylic acids is 3. The highest BCUT2D eigenvalue weighted by molar-refractivity contribution is 5.97. The molecule has 60 heavy (non-hydrogen) atoms. The minimum Gasteiger partial charge on any atom is -0.397 e. The molecule has 3 amide bonds. The second-order valence-electron chi connectivity index (χ2n) is 15.2. The fourth-order valence-corrected chi connectivity index (χ4v) is 7.94. The minimum absolute atomic E-state index is 0. The molecule has 2 aromatic carbocycles. The van der Waals surface area contributed by atoms with E-state index in [1.807, 2.05) is 37.0 Å². The number of piperazine rings is 1. The van der Waals surface area contributed by atoms with Gasteiger partial charge in [-0.15, -0.1) is 0 Å². The highest BCUT2D eigenvalue weighted by Gasteiger charge is 2.31. The summed E-state index contributed by atoms with van der Waals surface area (Å²) in [7, 11) is 0.